The fourth-order valence-electron chi connectivity index (χ4n) is 2.92. The molecule has 2 fully saturated rings. The summed E-state index contributed by atoms with van der Waals surface area (Å²) in [5.41, 5.74) is 0.534. The highest BCUT2D eigenvalue weighted by Crippen LogP contribution is 2.42. The second kappa shape index (κ2) is 4.63. The molecule has 14 heavy (non-hydrogen) atoms. The van der Waals surface area contributed by atoms with Gasteiger partial charge in [-0.1, -0.05) is 12.8 Å². The average molecular weight is 197 g/mol. The topological polar surface area (TPSA) is 12.5 Å². The fraction of sp³-hybridized carbons (Fsp3) is 1.00. The van der Waals surface area contributed by atoms with Gasteiger partial charge >= 0.3 is 0 Å². The van der Waals surface area contributed by atoms with Crippen LogP contribution in [0.2, 0.25) is 0 Å². The van der Waals surface area contributed by atoms with Gasteiger partial charge in [0.1, 0.15) is 0 Å². The standard InChI is InChI=1S/C12H23NO/c1-14-11-12(6-5-7-12)10-13-8-3-2-4-9-13/h2-11H2,1H3. The van der Waals surface area contributed by atoms with Crippen LogP contribution in [0.3, 0.4) is 0 Å². The van der Waals surface area contributed by atoms with E-state index in [1.807, 2.05) is 7.11 Å². The molecule has 0 atom stereocenters. The smallest absolute Gasteiger partial charge is 0.0530 e. The summed E-state index contributed by atoms with van der Waals surface area (Å²) in [6, 6.07) is 0. The maximum absolute atomic E-state index is 5.36. The Labute approximate surface area is 87.6 Å². The summed E-state index contributed by atoms with van der Waals surface area (Å²) in [6.07, 6.45) is 8.44. The number of ether oxygens (including phenoxy) is 1. The molecule has 2 aliphatic rings. The highest BCUT2D eigenvalue weighted by atomic mass is 16.5. The number of piperidine rings is 1. The zero-order valence-electron chi connectivity index (χ0n) is 9.43. The zero-order valence-corrected chi connectivity index (χ0v) is 9.43. The summed E-state index contributed by atoms with van der Waals surface area (Å²) in [5, 5.41) is 0. The highest BCUT2D eigenvalue weighted by Gasteiger charge is 2.38. The van der Waals surface area contributed by atoms with Gasteiger partial charge in [0.25, 0.3) is 0 Å². The van der Waals surface area contributed by atoms with Gasteiger partial charge in [-0.3, -0.25) is 0 Å². The molecule has 1 aliphatic carbocycles. The van der Waals surface area contributed by atoms with E-state index in [1.165, 1.54) is 58.2 Å². The molecule has 1 aliphatic heterocycles. The van der Waals surface area contributed by atoms with Crippen molar-refractivity contribution >= 4 is 0 Å². The first-order valence-corrected chi connectivity index (χ1v) is 6.06. The van der Waals surface area contributed by atoms with Crippen LogP contribution in [-0.2, 0) is 4.74 Å². The lowest BCUT2D eigenvalue weighted by atomic mass is 9.69. The lowest BCUT2D eigenvalue weighted by Crippen LogP contribution is -2.46. The van der Waals surface area contributed by atoms with Crippen molar-refractivity contribution in [3.8, 4) is 0 Å². The molecule has 0 spiro atoms. The second-order valence-corrected chi connectivity index (χ2v) is 5.12. The Morgan fingerprint density at radius 1 is 1.07 bits per heavy atom. The van der Waals surface area contributed by atoms with Crippen LogP contribution in [0, 0.1) is 5.41 Å². The van der Waals surface area contributed by atoms with Crippen molar-refractivity contribution in [2.24, 2.45) is 5.41 Å². The number of hydrogen-bond donors (Lipinski definition) is 0. The molecule has 0 aromatic heterocycles. The van der Waals surface area contributed by atoms with E-state index in [-0.39, 0.29) is 0 Å². The molecule has 2 rings (SSSR count). The average Bonchev–Trinajstić information content (AvgIpc) is 2.16. The summed E-state index contributed by atoms with van der Waals surface area (Å²) in [7, 11) is 1.84. The van der Waals surface area contributed by atoms with E-state index < -0.39 is 0 Å². The van der Waals surface area contributed by atoms with Crippen molar-refractivity contribution in [1.29, 1.82) is 0 Å². The summed E-state index contributed by atoms with van der Waals surface area (Å²) >= 11 is 0. The molecular formula is C12H23NO. The van der Waals surface area contributed by atoms with Gasteiger partial charge in [-0.2, -0.15) is 0 Å². The highest BCUT2D eigenvalue weighted by molar-refractivity contribution is 4.90. The van der Waals surface area contributed by atoms with Gasteiger partial charge in [-0.25, -0.2) is 0 Å². The van der Waals surface area contributed by atoms with E-state index >= 15 is 0 Å². The van der Waals surface area contributed by atoms with Crippen molar-refractivity contribution in [2.75, 3.05) is 33.4 Å². The quantitative estimate of drug-likeness (QED) is 0.685. The third-order valence-electron chi connectivity index (χ3n) is 3.87. The number of nitrogens with zero attached hydrogens (tertiary/aromatic N) is 1. The van der Waals surface area contributed by atoms with E-state index in [9.17, 15) is 0 Å². The van der Waals surface area contributed by atoms with Gasteiger partial charge in [0.2, 0.25) is 0 Å². The monoisotopic (exact) mass is 197 g/mol. The van der Waals surface area contributed by atoms with Gasteiger partial charge in [-0.05, 0) is 38.8 Å². The van der Waals surface area contributed by atoms with E-state index in [0.29, 0.717) is 5.41 Å². The predicted molar refractivity (Wildman–Crippen MR) is 58.5 cm³/mol. The number of likely N-dealkylation sites (tertiary alicyclic amines) is 1. The van der Waals surface area contributed by atoms with Crippen LogP contribution in [0.5, 0.6) is 0 Å². The predicted octanol–water partition coefficient (Wildman–Crippen LogP) is 2.29. The number of hydrogen-bond acceptors (Lipinski definition) is 2. The summed E-state index contributed by atoms with van der Waals surface area (Å²) < 4.78 is 5.36. The summed E-state index contributed by atoms with van der Waals surface area (Å²) in [6.45, 7) is 4.92. The van der Waals surface area contributed by atoms with Gasteiger partial charge < -0.3 is 9.64 Å². The maximum atomic E-state index is 5.36. The van der Waals surface area contributed by atoms with E-state index in [1.54, 1.807) is 0 Å². The first-order valence-electron chi connectivity index (χ1n) is 6.06. The maximum Gasteiger partial charge on any atom is 0.0530 e. The molecule has 1 heterocycles. The Bertz CT molecular complexity index is 171. The molecule has 1 saturated carbocycles. The van der Waals surface area contributed by atoms with Crippen LogP contribution in [0.25, 0.3) is 0 Å². The molecule has 0 radical (unpaired) electrons. The van der Waals surface area contributed by atoms with Gasteiger partial charge in [0.05, 0.1) is 6.61 Å². The van der Waals surface area contributed by atoms with E-state index in [2.05, 4.69) is 4.90 Å². The molecule has 0 bridgehead atoms. The van der Waals surface area contributed by atoms with Crippen LogP contribution in [0.1, 0.15) is 38.5 Å². The molecule has 0 N–H and O–H groups in total. The Balaban J connectivity index is 1.80. The lowest BCUT2D eigenvalue weighted by Gasteiger charge is -2.45. The van der Waals surface area contributed by atoms with Crippen molar-refractivity contribution in [3.63, 3.8) is 0 Å². The number of rotatable bonds is 4. The normalized spacial score (nSPS) is 27.2. The minimum absolute atomic E-state index is 0.534. The molecule has 1 saturated heterocycles. The van der Waals surface area contributed by atoms with Crippen LogP contribution in [0.15, 0.2) is 0 Å². The first-order chi connectivity index (χ1) is 6.85. The molecule has 82 valence electrons. The second-order valence-electron chi connectivity index (χ2n) is 5.12. The van der Waals surface area contributed by atoms with Gasteiger partial charge in [0, 0.05) is 19.1 Å². The Morgan fingerprint density at radius 2 is 1.79 bits per heavy atom. The lowest BCUT2D eigenvalue weighted by molar-refractivity contribution is -0.0152. The zero-order chi connectivity index (χ0) is 9.86. The Morgan fingerprint density at radius 3 is 2.29 bits per heavy atom. The molecule has 2 heteroatoms. The van der Waals surface area contributed by atoms with Crippen molar-refractivity contribution in [3.05, 3.63) is 0 Å². The first kappa shape index (κ1) is 10.4. The largest absolute Gasteiger partial charge is 0.384 e. The van der Waals surface area contributed by atoms with Crippen molar-refractivity contribution < 1.29 is 4.74 Å². The van der Waals surface area contributed by atoms with Crippen LogP contribution < -0.4 is 0 Å². The van der Waals surface area contributed by atoms with Crippen molar-refractivity contribution in [1.82, 2.24) is 4.90 Å². The molecule has 0 amide bonds. The molecule has 0 aromatic rings. The van der Waals surface area contributed by atoms with Gasteiger partial charge in [0.15, 0.2) is 0 Å². The van der Waals surface area contributed by atoms with Crippen molar-refractivity contribution in [2.45, 2.75) is 38.5 Å². The molecule has 2 nitrogen and oxygen atoms in total. The minimum atomic E-state index is 0.534. The summed E-state index contributed by atoms with van der Waals surface area (Å²) in [5.74, 6) is 0. The summed E-state index contributed by atoms with van der Waals surface area (Å²) in [4.78, 5) is 2.65. The third kappa shape index (κ3) is 2.29. The molecular weight excluding hydrogens is 174 g/mol. The van der Waals surface area contributed by atoms with Gasteiger partial charge in [-0.15, -0.1) is 0 Å². The molecule has 0 unspecified atom stereocenters. The number of methoxy groups -OCH3 is 1. The van der Waals surface area contributed by atoms with Crippen LogP contribution in [0.4, 0.5) is 0 Å². The fourth-order valence-corrected chi connectivity index (χ4v) is 2.92. The van der Waals surface area contributed by atoms with Crippen LogP contribution >= 0.6 is 0 Å². The third-order valence-corrected chi connectivity index (χ3v) is 3.87. The molecule has 0 aromatic carbocycles. The minimum Gasteiger partial charge on any atom is -0.384 e. The van der Waals surface area contributed by atoms with E-state index in [0.717, 1.165) is 6.61 Å². The SMILES string of the molecule is COCC1(CN2CCCCC2)CCC1. The Hall–Kier alpha value is -0.0800. The van der Waals surface area contributed by atoms with E-state index in [4.69, 9.17) is 4.74 Å². The Kier molecular flexibility index (Phi) is 3.45. The van der Waals surface area contributed by atoms with Crippen LogP contribution in [-0.4, -0.2) is 38.3 Å².